The molecule has 0 aliphatic heterocycles. The third kappa shape index (κ3) is 4.51. The standard InChI is InChI=1S/C9H10N2O2.C7H6FNO2/c1-12-8-3-6(5-10)7(11)4-9(8)13-2;8-4-1-2-6(9)5(3-4)7(10)11/h3-4H,11H2,1-2H3;1-3H,9H2,(H,10,11). The van der Waals surface area contributed by atoms with Crippen LogP contribution in [0.1, 0.15) is 15.9 Å². The van der Waals surface area contributed by atoms with E-state index in [9.17, 15) is 9.18 Å². The highest BCUT2D eigenvalue weighted by molar-refractivity contribution is 5.93. The first-order valence-electron chi connectivity index (χ1n) is 6.54. The van der Waals surface area contributed by atoms with Crippen LogP contribution in [-0.2, 0) is 0 Å². The van der Waals surface area contributed by atoms with Crippen LogP contribution >= 0.6 is 0 Å². The molecule has 126 valence electrons. The number of nitriles is 1. The van der Waals surface area contributed by atoms with E-state index in [0.29, 0.717) is 22.7 Å². The Hall–Kier alpha value is -3.47. The quantitative estimate of drug-likeness (QED) is 0.734. The lowest BCUT2D eigenvalue weighted by Gasteiger charge is -2.08. The molecular weight excluding hydrogens is 317 g/mol. The van der Waals surface area contributed by atoms with Gasteiger partial charge in [0.25, 0.3) is 0 Å². The maximum absolute atomic E-state index is 12.4. The number of ether oxygens (including phenoxy) is 2. The number of rotatable bonds is 3. The number of hydrogen-bond donors (Lipinski definition) is 3. The van der Waals surface area contributed by atoms with E-state index in [1.807, 2.05) is 6.07 Å². The third-order valence-electron chi connectivity index (χ3n) is 2.92. The van der Waals surface area contributed by atoms with Gasteiger partial charge in [0.05, 0.1) is 31.0 Å². The van der Waals surface area contributed by atoms with Crippen LogP contribution in [0.15, 0.2) is 30.3 Å². The van der Waals surface area contributed by atoms with E-state index in [1.54, 1.807) is 12.1 Å². The smallest absolute Gasteiger partial charge is 0.337 e. The first-order valence-corrected chi connectivity index (χ1v) is 6.54. The Balaban J connectivity index is 0.000000243. The number of carboxylic acids is 1. The second kappa shape index (κ2) is 8.24. The largest absolute Gasteiger partial charge is 0.493 e. The zero-order chi connectivity index (χ0) is 18.3. The molecule has 0 unspecified atom stereocenters. The second-order valence-corrected chi connectivity index (χ2v) is 4.44. The summed E-state index contributed by atoms with van der Waals surface area (Å²) in [4.78, 5) is 10.3. The highest BCUT2D eigenvalue weighted by atomic mass is 19.1. The van der Waals surface area contributed by atoms with Gasteiger partial charge >= 0.3 is 5.97 Å². The molecule has 8 heteroatoms. The molecule has 0 aliphatic carbocycles. The monoisotopic (exact) mass is 333 g/mol. The molecule has 2 rings (SSSR count). The van der Waals surface area contributed by atoms with Gasteiger partial charge in [0.2, 0.25) is 0 Å². The lowest BCUT2D eigenvalue weighted by molar-refractivity contribution is 0.0697. The zero-order valence-electron chi connectivity index (χ0n) is 13.0. The number of nitrogens with zero attached hydrogens (tertiary/aromatic N) is 1. The van der Waals surface area contributed by atoms with Gasteiger partial charge in [0.1, 0.15) is 11.9 Å². The SMILES string of the molecule is COc1cc(N)c(C#N)cc1OC.Nc1ccc(F)cc1C(=O)O. The van der Waals surface area contributed by atoms with Crippen LogP contribution in [-0.4, -0.2) is 25.3 Å². The minimum absolute atomic E-state index is 0.0684. The number of carboxylic acid groups (broad SMARTS) is 1. The Morgan fingerprint density at radius 3 is 2.17 bits per heavy atom. The first kappa shape index (κ1) is 18.6. The van der Waals surface area contributed by atoms with Crippen molar-refractivity contribution in [1.82, 2.24) is 0 Å². The van der Waals surface area contributed by atoms with Gasteiger partial charge < -0.3 is 26.0 Å². The number of carbonyl (C=O) groups is 1. The molecule has 5 N–H and O–H groups in total. The lowest BCUT2D eigenvalue weighted by atomic mass is 10.2. The molecule has 0 spiro atoms. The fourth-order valence-corrected chi connectivity index (χ4v) is 1.71. The Morgan fingerprint density at radius 1 is 1.12 bits per heavy atom. The van der Waals surface area contributed by atoms with Crippen molar-refractivity contribution in [3.05, 3.63) is 47.3 Å². The number of benzene rings is 2. The van der Waals surface area contributed by atoms with Gasteiger partial charge in [-0.15, -0.1) is 0 Å². The molecule has 2 aromatic rings. The fraction of sp³-hybridized carbons (Fsp3) is 0.125. The number of nitrogens with two attached hydrogens (primary N) is 2. The number of methoxy groups -OCH3 is 2. The molecule has 2 aromatic carbocycles. The van der Waals surface area contributed by atoms with Gasteiger partial charge in [-0.05, 0) is 18.2 Å². The number of hydrogen-bond acceptors (Lipinski definition) is 6. The molecule has 0 amide bonds. The average molecular weight is 333 g/mol. The van der Waals surface area contributed by atoms with Gasteiger partial charge in [-0.2, -0.15) is 5.26 Å². The minimum atomic E-state index is -1.22. The van der Waals surface area contributed by atoms with E-state index < -0.39 is 11.8 Å². The summed E-state index contributed by atoms with van der Waals surface area (Å²) in [6.07, 6.45) is 0. The summed E-state index contributed by atoms with van der Waals surface area (Å²) in [6, 6.07) is 8.30. The summed E-state index contributed by atoms with van der Waals surface area (Å²) in [7, 11) is 3.03. The van der Waals surface area contributed by atoms with Crippen LogP contribution in [0.3, 0.4) is 0 Å². The molecule has 7 nitrogen and oxygen atoms in total. The van der Waals surface area contributed by atoms with Crippen molar-refractivity contribution in [3.8, 4) is 17.6 Å². The van der Waals surface area contributed by atoms with E-state index in [0.717, 1.165) is 12.1 Å². The Kier molecular flexibility index (Phi) is 6.38. The maximum atomic E-state index is 12.4. The van der Waals surface area contributed by atoms with Gasteiger partial charge in [-0.1, -0.05) is 0 Å². The van der Waals surface area contributed by atoms with Gasteiger partial charge in [-0.3, -0.25) is 0 Å². The third-order valence-corrected chi connectivity index (χ3v) is 2.92. The fourth-order valence-electron chi connectivity index (χ4n) is 1.71. The predicted molar refractivity (Wildman–Crippen MR) is 86.4 cm³/mol. The van der Waals surface area contributed by atoms with Crippen molar-refractivity contribution in [2.75, 3.05) is 25.7 Å². The Morgan fingerprint density at radius 2 is 1.71 bits per heavy atom. The predicted octanol–water partition coefficient (Wildman–Crippen LogP) is 2.26. The molecule has 0 atom stereocenters. The topological polar surface area (TPSA) is 132 Å². The zero-order valence-corrected chi connectivity index (χ0v) is 13.0. The first-order chi connectivity index (χ1) is 11.3. The highest BCUT2D eigenvalue weighted by Crippen LogP contribution is 2.31. The van der Waals surface area contributed by atoms with Gasteiger partial charge in [0.15, 0.2) is 11.5 Å². The van der Waals surface area contributed by atoms with Crippen LogP contribution in [0.4, 0.5) is 15.8 Å². The normalized spacial score (nSPS) is 9.25. The van der Waals surface area contributed by atoms with E-state index in [2.05, 4.69) is 0 Å². The van der Waals surface area contributed by atoms with Crippen molar-refractivity contribution in [3.63, 3.8) is 0 Å². The summed E-state index contributed by atoms with van der Waals surface area (Å²) in [5, 5.41) is 17.1. The summed E-state index contributed by atoms with van der Waals surface area (Å²) >= 11 is 0. The second-order valence-electron chi connectivity index (χ2n) is 4.44. The lowest BCUT2D eigenvalue weighted by Crippen LogP contribution is -2.02. The van der Waals surface area contributed by atoms with Crippen LogP contribution < -0.4 is 20.9 Å². The molecule has 0 saturated heterocycles. The Bertz CT molecular complexity index is 788. The van der Waals surface area contributed by atoms with Crippen LogP contribution in [0.25, 0.3) is 0 Å². The molecule has 0 saturated carbocycles. The van der Waals surface area contributed by atoms with E-state index >= 15 is 0 Å². The van der Waals surface area contributed by atoms with E-state index in [4.69, 9.17) is 31.3 Å². The molecule has 24 heavy (non-hydrogen) atoms. The number of nitrogen functional groups attached to an aromatic ring is 2. The summed E-state index contributed by atoms with van der Waals surface area (Å²) < 4.78 is 22.4. The van der Waals surface area contributed by atoms with Crippen molar-refractivity contribution < 1.29 is 23.8 Å². The highest BCUT2D eigenvalue weighted by Gasteiger charge is 2.08. The molecule has 0 aromatic heterocycles. The van der Waals surface area contributed by atoms with Gasteiger partial charge in [-0.25, -0.2) is 9.18 Å². The average Bonchev–Trinajstić information content (AvgIpc) is 2.57. The molecule has 0 heterocycles. The number of anilines is 2. The summed E-state index contributed by atoms with van der Waals surface area (Å²) in [6.45, 7) is 0. The molecule has 0 radical (unpaired) electrons. The Labute approximate surface area is 137 Å². The molecule has 0 aliphatic rings. The molecular formula is C16H16FN3O4. The molecule has 0 bridgehead atoms. The van der Waals surface area contributed by atoms with E-state index in [-0.39, 0.29) is 11.3 Å². The van der Waals surface area contributed by atoms with Crippen molar-refractivity contribution >= 4 is 17.3 Å². The molecule has 0 fully saturated rings. The summed E-state index contributed by atoms with van der Waals surface area (Å²) in [5.74, 6) is -0.786. The van der Waals surface area contributed by atoms with Gasteiger partial charge in [0, 0.05) is 17.8 Å². The van der Waals surface area contributed by atoms with E-state index in [1.165, 1.54) is 20.3 Å². The van der Waals surface area contributed by atoms with Crippen LogP contribution in [0, 0.1) is 17.1 Å². The van der Waals surface area contributed by atoms with Crippen molar-refractivity contribution in [1.29, 1.82) is 5.26 Å². The van der Waals surface area contributed by atoms with Crippen molar-refractivity contribution in [2.45, 2.75) is 0 Å². The minimum Gasteiger partial charge on any atom is -0.493 e. The maximum Gasteiger partial charge on any atom is 0.337 e. The summed E-state index contributed by atoms with van der Waals surface area (Å²) in [5.41, 5.74) is 11.5. The van der Waals surface area contributed by atoms with Crippen LogP contribution in [0.5, 0.6) is 11.5 Å². The number of aromatic carboxylic acids is 1. The number of halogens is 1. The van der Waals surface area contributed by atoms with Crippen LogP contribution in [0.2, 0.25) is 0 Å². The van der Waals surface area contributed by atoms with Crippen molar-refractivity contribution in [2.24, 2.45) is 0 Å².